The normalized spacial score (nSPS) is 16.1. The summed E-state index contributed by atoms with van der Waals surface area (Å²) in [6.07, 6.45) is 0.352. The highest BCUT2D eigenvalue weighted by atomic mass is 16.2. The van der Waals surface area contributed by atoms with Crippen molar-refractivity contribution in [2.24, 2.45) is 11.5 Å². The van der Waals surface area contributed by atoms with E-state index in [2.05, 4.69) is 0 Å². The summed E-state index contributed by atoms with van der Waals surface area (Å²) in [6, 6.07) is 4.47. The number of nitrogens with two attached hydrogens (primary N) is 2. The maximum atomic E-state index is 11.4. The zero-order valence-electron chi connectivity index (χ0n) is 8.93. The first-order valence-electron chi connectivity index (χ1n) is 4.95. The number of carbonyl (C=O) groups is 2. The molecule has 4 N–H and O–H groups in total. The molecule has 1 aliphatic heterocycles. The zero-order chi connectivity index (χ0) is 11.9. The van der Waals surface area contributed by atoms with Crippen molar-refractivity contribution in [3.05, 3.63) is 29.3 Å². The van der Waals surface area contributed by atoms with Crippen LogP contribution in [0, 0.1) is 0 Å². The molecule has 5 nitrogen and oxygen atoms in total. The summed E-state index contributed by atoms with van der Waals surface area (Å²) in [6.45, 7) is 0. The van der Waals surface area contributed by atoms with Crippen molar-refractivity contribution in [1.29, 1.82) is 0 Å². The van der Waals surface area contributed by atoms with Crippen LogP contribution >= 0.6 is 0 Å². The van der Waals surface area contributed by atoms with Gasteiger partial charge in [-0.05, 0) is 17.2 Å². The van der Waals surface area contributed by atoms with E-state index in [0.717, 1.165) is 11.3 Å². The second-order valence-electron chi connectivity index (χ2n) is 3.90. The molecule has 0 fully saturated rings. The highest BCUT2D eigenvalue weighted by Gasteiger charge is 2.25. The number of hydrogen-bond acceptors (Lipinski definition) is 3. The van der Waals surface area contributed by atoms with Crippen molar-refractivity contribution in [3.8, 4) is 0 Å². The molecule has 1 unspecified atom stereocenters. The summed E-state index contributed by atoms with van der Waals surface area (Å²) in [5.41, 5.74) is 13.2. The minimum Gasteiger partial charge on any atom is -0.368 e. The topological polar surface area (TPSA) is 89.4 Å². The molecule has 1 atom stereocenters. The summed E-state index contributed by atoms with van der Waals surface area (Å²) in [5, 5.41) is 0. The van der Waals surface area contributed by atoms with Crippen LogP contribution in [0.2, 0.25) is 0 Å². The SMILES string of the molecule is CN1C(=O)Cc2cc(C(N)C(N)=O)ccc21. The van der Waals surface area contributed by atoms with Crippen molar-refractivity contribution in [2.45, 2.75) is 12.5 Å². The van der Waals surface area contributed by atoms with Gasteiger partial charge in [-0.15, -0.1) is 0 Å². The molecule has 0 aliphatic carbocycles. The average Bonchev–Trinajstić information content (AvgIpc) is 2.53. The van der Waals surface area contributed by atoms with Gasteiger partial charge < -0.3 is 16.4 Å². The lowest BCUT2D eigenvalue weighted by Gasteiger charge is -2.12. The third kappa shape index (κ3) is 1.55. The molecular formula is C11H13N3O2. The Kier molecular flexibility index (Phi) is 2.40. The van der Waals surface area contributed by atoms with Crippen LogP contribution in [0.3, 0.4) is 0 Å². The van der Waals surface area contributed by atoms with Gasteiger partial charge in [-0.25, -0.2) is 0 Å². The van der Waals surface area contributed by atoms with Crippen LogP contribution in [0.4, 0.5) is 5.69 Å². The van der Waals surface area contributed by atoms with Crippen LogP contribution in [0.25, 0.3) is 0 Å². The summed E-state index contributed by atoms with van der Waals surface area (Å²) >= 11 is 0. The number of rotatable bonds is 2. The molecule has 0 saturated carbocycles. The van der Waals surface area contributed by atoms with Gasteiger partial charge in [-0.1, -0.05) is 12.1 Å². The van der Waals surface area contributed by atoms with Crippen LogP contribution in [0.5, 0.6) is 0 Å². The van der Waals surface area contributed by atoms with Crippen LogP contribution in [-0.4, -0.2) is 18.9 Å². The minimum atomic E-state index is -0.814. The minimum absolute atomic E-state index is 0.0415. The Morgan fingerprint density at radius 1 is 1.50 bits per heavy atom. The first-order chi connectivity index (χ1) is 7.50. The molecule has 0 aromatic heterocycles. The van der Waals surface area contributed by atoms with Gasteiger partial charge in [0.15, 0.2) is 0 Å². The molecule has 2 amide bonds. The number of fused-ring (bicyclic) bond motifs is 1. The second kappa shape index (κ2) is 3.61. The Labute approximate surface area is 93.0 Å². The quantitative estimate of drug-likeness (QED) is 0.715. The number of benzene rings is 1. The van der Waals surface area contributed by atoms with Gasteiger partial charge >= 0.3 is 0 Å². The van der Waals surface area contributed by atoms with E-state index in [-0.39, 0.29) is 5.91 Å². The molecule has 5 heteroatoms. The molecule has 0 bridgehead atoms. The average molecular weight is 219 g/mol. The Hall–Kier alpha value is -1.88. The standard InChI is InChI=1S/C11H13N3O2/c1-14-8-3-2-6(10(12)11(13)16)4-7(8)5-9(14)15/h2-4,10H,5,12H2,1H3,(H2,13,16). The maximum absolute atomic E-state index is 11.4. The van der Waals surface area contributed by atoms with Gasteiger partial charge in [0.2, 0.25) is 11.8 Å². The fraction of sp³-hybridized carbons (Fsp3) is 0.273. The van der Waals surface area contributed by atoms with E-state index in [1.807, 2.05) is 0 Å². The van der Waals surface area contributed by atoms with Crippen molar-refractivity contribution < 1.29 is 9.59 Å². The monoisotopic (exact) mass is 219 g/mol. The van der Waals surface area contributed by atoms with Gasteiger partial charge in [-0.3, -0.25) is 9.59 Å². The highest BCUT2D eigenvalue weighted by Crippen LogP contribution is 2.29. The van der Waals surface area contributed by atoms with Gasteiger partial charge in [0.05, 0.1) is 6.42 Å². The van der Waals surface area contributed by atoms with E-state index in [0.29, 0.717) is 12.0 Å². The summed E-state index contributed by atoms with van der Waals surface area (Å²) < 4.78 is 0. The summed E-state index contributed by atoms with van der Waals surface area (Å²) in [5.74, 6) is -0.530. The van der Waals surface area contributed by atoms with Crippen molar-refractivity contribution in [1.82, 2.24) is 0 Å². The molecule has 1 heterocycles. The van der Waals surface area contributed by atoms with E-state index in [1.54, 1.807) is 30.1 Å². The van der Waals surface area contributed by atoms with E-state index in [9.17, 15) is 9.59 Å². The molecule has 2 rings (SSSR count). The molecule has 0 spiro atoms. The molecule has 0 saturated heterocycles. The number of carbonyl (C=O) groups excluding carboxylic acids is 2. The molecule has 84 valence electrons. The van der Waals surface area contributed by atoms with Gasteiger partial charge in [-0.2, -0.15) is 0 Å². The summed E-state index contributed by atoms with van der Waals surface area (Å²) in [7, 11) is 1.72. The van der Waals surface area contributed by atoms with Crippen molar-refractivity contribution >= 4 is 17.5 Å². The number of anilines is 1. The van der Waals surface area contributed by atoms with Crippen molar-refractivity contribution in [2.75, 3.05) is 11.9 Å². The van der Waals surface area contributed by atoms with Crippen LogP contribution in [0.15, 0.2) is 18.2 Å². The maximum Gasteiger partial charge on any atom is 0.238 e. The Bertz CT molecular complexity index is 470. The zero-order valence-corrected chi connectivity index (χ0v) is 8.93. The predicted molar refractivity (Wildman–Crippen MR) is 59.7 cm³/mol. The smallest absolute Gasteiger partial charge is 0.238 e. The van der Waals surface area contributed by atoms with Crippen LogP contribution in [-0.2, 0) is 16.0 Å². The molecule has 0 radical (unpaired) electrons. The lowest BCUT2D eigenvalue weighted by atomic mass is 10.0. The lowest BCUT2D eigenvalue weighted by molar-refractivity contribution is -0.119. The fourth-order valence-electron chi connectivity index (χ4n) is 1.85. The first-order valence-corrected chi connectivity index (χ1v) is 4.95. The van der Waals surface area contributed by atoms with Gasteiger partial charge in [0, 0.05) is 12.7 Å². The highest BCUT2D eigenvalue weighted by molar-refractivity contribution is 6.01. The lowest BCUT2D eigenvalue weighted by Crippen LogP contribution is -2.28. The Morgan fingerprint density at radius 2 is 2.19 bits per heavy atom. The molecular weight excluding hydrogens is 206 g/mol. The third-order valence-corrected chi connectivity index (χ3v) is 2.85. The van der Waals surface area contributed by atoms with Crippen molar-refractivity contribution in [3.63, 3.8) is 0 Å². The number of hydrogen-bond donors (Lipinski definition) is 2. The van der Waals surface area contributed by atoms with E-state index < -0.39 is 11.9 Å². The molecule has 1 aliphatic rings. The van der Waals surface area contributed by atoms with Gasteiger partial charge in [0.25, 0.3) is 0 Å². The first kappa shape index (κ1) is 10.6. The largest absolute Gasteiger partial charge is 0.368 e. The van der Waals surface area contributed by atoms with E-state index in [1.165, 1.54) is 0 Å². The third-order valence-electron chi connectivity index (χ3n) is 2.85. The molecule has 1 aromatic carbocycles. The second-order valence-corrected chi connectivity index (χ2v) is 3.90. The van der Waals surface area contributed by atoms with Crippen LogP contribution < -0.4 is 16.4 Å². The molecule has 1 aromatic rings. The Morgan fingerprint density at radius 3 is 2.81 bits per heavy atom. The number of amides is 2. The predicted octanol–water partition coefficient (Wildman–Crippen LogP) is -0.309. The number of primary amides is 1. The van der Waals surface area contributed by atoms with E-state index >= 15 is 0 Å². The van der Waals surface area contributed by atoms with Crippen LogP contribution in [0.1, 0.15) is 17.2 Å². The summed E-state index contributed by atoms with van der Waals surface area (Å²) in [4.78, 5) is 24.0. The van der Waals surface area contributed by atoms with E-state index in [4.69, 9.17) is 11.5 Å². The Balaban J connectivity index is 2.39. The molecule has 16 heavy (non-hydrogen) atoms. The fourth-order valence-corrected chi connectivity index (χ4v) is 1.85. The number of nitrogens with zero attached hydrogens (tertiary/aromatic N) is 1. The number of likely N-dealkylation sites (N-methyl/N-ethyl adjacent to an activating group) is 1. The van der Waals surface area contributed by atoms with Gasteiger partial charge in [0.1, 0.15) is 6.04 Å².